The van der Waals surface area contributed by atoms with Gasteiger partial charge in [-0.2, -0.15) is 4.89 Å². The van der Waals surface area contributed by atoms with Crippen molar-refractivity contribution >= 4 is 0 Å². The second-order valence-electron chi connectivity index (χ2n) is 7.64. The lowest BCUT2D eigenvalue weighted by Crippen LogP contribution is -2.76. The second kappa shape index (κ2) is 4.25. The molecule has 0 aromatic heterocycles. The largest absolute Gasteiger partial charge is 0.508 e. The Hall–Kier alpha value is -1.10. The van der Waals surface area contributed by atoms with Gasteiger partial charge in [-0.05, 0) is 67.9 Å². The molecule has 6 rings (SSSR count). The Balaban J connectivity index is 1.62. The number of rotatable bonds is 2. The van der Waals surface area contributed by atoms with E-state index in [0.29, 0.717) is 11.8 Å². The first-order valence-electron chi connectivity index (χ1n) is 8.39. The lowest BCUT2D eigenvalue weighted by Gasteiger charge is -2.68. The molecule has 4 aliphatic carbocycles. The molecule has 1 heterocycles. The van der Waals surface area contributed by atoms with E-state index in [0.717, 1.165) is 17.4 Å². The van der Waals surface area contributed by atoms with E-state index in [1.807, 2.05) is 12.1 Å². The molecule has 5 fully saturated rings. The molecular formula is C18H22O4. The molecule has 22 heavy (non-hydrogen) atoms. The van der Waals surface area contributed by atoms with Crippen molar-refractivity contribution in [2.45, 2.75) is 43.5 Å². The zero-order valence-corrected chi connectivity index (χ0v) is 12.8. The Labute approximate surface area is 130 Å². The number of phenolic OH excluding ortho intramolecular Hbond substituents is 1. The number of benzene rings is 1. The molecule has 5 aliphatic rings. The summed E-state index contributed by atoms with van der Waals surface area (Å²) in [5, 5.41) is 9.88. The fourth-order valence-corrected chi connectivity index (χ4v) is 6.07. The van der Waals surface area contributed by atoms with Gasteiger partial charge in [0.05, 0.1) is 0 Å². The highest BCUT2D eigenvalue weighted by Gasteiger charge is 2.76. The summed E-state index contributed by atoms with van der Waals surface area (Å²) in [5.74, 6) is 2.09. The minimum atomic E-state index is -0.867. The SMILES string of the molecule is COC1(c2cccc(O)c2)OOC12C1CC3CC(C1)CC2C3. The van der Waals surface area contributed by atoms with Gasteiger partial charge in [0, 0.05) is 12.7 Å². The average molecular weight is 302 g/mol. The van der Waals surface area contributed by atoms with Crippen molar-refractivity contribution in [2.24, 2.45) is 23.7 Å². The minimum Gasteiger partial charge on any atom is -0.508 e. The van der Waals surface area contributed by atoms with E-state index >= 15 is 0 Å². The zero-order chi connectivity index (χ0) is 14.9. The monoisotopic (exact) mass is 302 g/mol. The van der Waals surface area contributed by atoms with Crippen LogP contribution in [0, 0.1) is 23.7 Å². The van der Waals surface area contributed by atoms with Gasteiger partial charge >= 0.3 is 0 Å². The molecule has 4 saturated carbocycles. The van der Waals surface area contributed by atoms with Gasteiger partial charge in [-0.25, -0.2) is 4.89 Å². The van der Waals surface area contributed by atoms with E-state index in [2.05, 4.69) is 0 Å². The smallest absolute Gasteiger partial charge is 0.260 e. The van der Waals surface area contributed by atoms with Crippen LogP contribution < -0.4 is 0 Å². The molecule has 1 aliphatic heterocycles. The summed E-state index contributed by atoms with van der Waals surface area (Å²) in [5.41, 5.74) is 0.497. The van der Waals surface area contributed by atoms with Crippen molar-refractivity contribution < 1.29 is 19.6 Å². The highest BCUT2D eigenvalue weighted by Crippen LogP contribution is 2.69. The van der Waals surface area contributed by atoms with Gasteiger partial charge in [0.2, 0.25) is 0 Å². The summed E-state index contributed by atoms with van der Waals surface area (Å²) in [6.07, 6.45) is 6.29. The van der Waals surface area contributed by atoms with E-state index in [1.165, 1.54) is 32.1 Å². The normalized spacial score (nSPS) is 48.6. The van der Waals surface area contributed by atoms with Crippen LogP contribution >= 0.6 is 0 Å². The highest BCUT2D eigenvalue weighted by atomic mass is 17.3. The van der Waals surface area contributed by atoms with Crippen molar-refractivity contribution in [3.8, 4) is 5.75 Å². The number of methoxy groups -OCH3 is 1. The number of phenols is 1. The van der Waals surface area contributed by atoms with Crippen molar-refractivity contribution in [3.05, 3.63) is 29.8 Å². The maximum atomic E-state index is 9.88. The summed E-state index contributed by atoms with van der Waals surface area (Å²) in [6.45, 7) is 0. The van der Waals surface area contributed by atoms with E-state index in [9.17, 15) is 5.11 Å². The van der Waals surface area contributed by atoms with E-state index < -0.39 is 5.79 Å². The molecule has 4 heteroatoms. The molecule has 1 spiro atoms. The molecule has 1 N–H and O–H groups in total. The average Bonchev–Trinajstić information content (AvgIpc) is 2.46. The molecule has 118 valence electrons. The third kappa shape index (κ3) is 1.39. The number of hydrogen-bond acceptors (Lipinski definition) is 4. The van der Waals surface area contributed by atoms with Crippen LogP contribution in [0.15, 0.2) is 24.3 Å². The van der Waals surface area contributed by atoms with E-state index in [1.54, 1.807) is 19.2 Å². The van der Waals surface area contributed by atoms with E-state index in [4.69, 9.17) is 14.5 Å². The molecule has 1 unspecified atom stereocenters. The Kier molecular flexibility index (Phi) is 2.58. The third-order valence-corrected chi connectivity index (χ3v) is 6.68. The fraction of sp³-hybridized carbons (Fsp3) is 0.667. The third-order valence-electron chi connectivity index (χ3n) is 6.68. The van der Waals surface area contributed by atoms with Gasteiger partial charge in [-0.1, -0.05) is 12.1 Å². The van der Waals surface area contributed by atoms with Crippen LogP contribution in [0.1, 0.15) is 37.7 Å². The van der Waals surface area contributed by atoms with Gasteiger partial charge < -0.3 is 9.84 Å². The molecule has 1 aromatic carbocycles. The molecule has 0 amide bonds. The predicted octanol–water partition coefficient (Wildman–Crippen LogP) is 3.35. The molecule has 4 bridgehead atoms. The fourth-order valence-electron chi connectivity index (χ4n) is 6.07. The number of aromatic hydroxyl groups is 1. The summed E-state index contributed by atoms with van der Waals surface area (Å²) < 4.78 is 5.94. The first-order chi connectivity index (χ1) is 10.7. The predicted molar refractivity (Wildman–Crippen MR) is 78.7 cm³/mol. The lowest BCUT2D eigenvalue weighted by atomic mass is 9.47. The first-order valence-corrected chi connectivity index (χ1v) is 8.39. The Morgan fingerprint density at radius 1 is 1.05 bits per heavy atom. The van der Waals surface area contributed by atoms with Crippen LogP contribution in [0.25, 0.3) is 0 Å². The van der Waals surface area contributed by atoms with Gasteiger partial charge in [0.1, 0.15) is 5.75 Å². The number of hydrogen-bond donors (Lipinski definition) is 1. The quantitative estimate of drug-likeness (QED) is 0.851. The van der Waals surface area contributed by atoms with Crippen LogP contribution in [0.2, 0.25) is 0 Å². The number of ether oxygens (including phenoxy) is 1. The van der Waals surface area contributed by atoms with Crippen LogP contribution in [-0.4, -0.2) is 17.8 Å². The highest BCUT2D eigenvalue weighted by molar-refractivity contribution is 5.35. The maximum Gasteiger partial charge on any atom is 0.260 e. The molecule has 1 saturated heterocycles. The van der Waals surface area contributed by atoms with Gasteiger partial charge in [-0.15, -0.1) is 0 Å². The van der Waals surface area contributed by atoms with Crippen LogP contribution in [-0.2, 0) is 20.3 Å². The standard InChI is InChI=1S/C18H22O4/c1-20-18(13-3-2-4-16(19)10-13)17(21-22-18)14-6-11-5-12(8-14)9-15(17)7-11/h2-4,10-12,14-15,19H,5-9H2,1H3. The Morgan fingerprint density at radius 2 is 1.73 bits per heavy atom. The van der Waals surface area contributed by atoms with Crippen LogP contribution in [0.5, 0.6) is 5.75 Å². The Bertz CT molecular complexity index is 581. The summed E-state index contributed by atoms with van der Waals surface area (Å²) >= 11 is 0. The van der Waals surface area contributed by atoms with Gasteiger partial charge in [0.25, 0.3) is 5.79 Å². The summed E-state index contributed by atoms with van der Waals surface area (Å²) in [6, 6.07) is 7.24. The maximum absolute atomic E-state index is 9.88. The first kappa shape index (κ1) is 13.3. The van der Waals surface area contributed by atoms with Gasteiger partial charge in [0.15, 0.2) is 5.60 Å². The topological polar surface area (TPSA) is 47.9 Å². The van der Waals surface area contributed by atoms with Crippen molar-refractivity contribution in [1.82, 2.24) is 0 Å². The molecular weight excluding hydrogens is 280 g/mol. The Morgan fingerprint density at radius 3 is 2.23 bits per heavy atom. The molecule has 0 radical (unpaired) electrons. The minimum absolute atomic E-state index is 0.239. The molecule has 4 nitrogen and oxygen atoms in total. The van der Waals surface area contributed by atoms with E-state index in [-0.39, 0.29) is 11.4 Å². The van der Waals surface area contributed by atoms with Crippen molar-refractivity contribution in [1.29, 1.82) is 0 Å². The van der Waals surface area contributed by atoms with Crippen LogP contribution in [0.4, 0.5) is 0 Å². The van der Waals surface area contributed by atoms with Crippen molar-refractivity contribution in [3.63, 3.8) is 0 Å². The lowest BCUT2D eigenvalue weighted by molar-refractivity contribution is -0.645. The second-order valence-corrected chi connectivity index (χ2v) is 7.64. The summed E-state index contributed by atoms with van der Waals surface area (Å²) in [7, 11) is 1.69. The zero-order valence-electron chi connectivity index (χ0n) is 12.8. The summed E-state index contributed by atoms with van der Waals surface area (Å²) in [4.78, 5) is 11.5. The molecule has 1 atom stereocenters. The van der Waals surface area contributed by atoms with Gasteiger partial charge in [-0.3, -0.25) is 0 Å². The van der Waals surface area contributed by atoms with Crippen LogP contribution in [0.3, 0.4) is 0 Å². The molecule has 1 aromatic rings. The van der Waals surface area contributed by atoms with Crippen molar-refractivity contribution in [2.75, 3.05) is 7.11 Å².